The summed E-state index contributed by atoms with van der Waals surface area (Å²) in [4.78, 5) is 10.8. The Hall–Kier alpha value is -1.56. The number of nitrogens with one attached hydrogen (secondary N) is 1. The van der Waals surface area contributed by atoms with Crippen molar-refractivity contribution in [2.45, 2.75) is 25.2 Å². The molecule has 0 radical (unpaired) electrons. The SMILES string of the molecule is O=C(O)C1Cc2cc(C(F)(F)F)ccc2CN1. The second-order valence-electron chi connectivity index (χ2n) is 3.96. The van der Waals surface area contributed by atoms with Gasteiger partial charge >= 0.3 is 12.1 Å². The topological polar surface area (TPSA) is 49.3 Å². The fraction of sp³-hybridized carbons (Fsp3) is 0.364. The van der Waals surface area contributed by atoms with Crippen molar-refractivity contribution in [1.82, 2.24) is 5.32 Å². The standard InChI is InChI=1S/C11H10F3NO2/c12-11(13,14)8-2-1-6-5-15-9(10(16)17)4-7(6)3-8/h1-3,9,15H,4-5H2,(H,16,17). The Kier molecular flexibility index (Phi) is 2.82. The molecule has 92 valence electrons. The number of alkyl halides is 3. The smallest absolute Gasteiger partial charge is 0.416 e. The van der Waals surface area contributed by atoms with Crippen LogP contribution in [0.2, 0.25) is 0 Å². The summed E-state index contributed by atoms with van der Waals surface area (Å²) >= 11 is 0. The number of carboxylic acids is 1. The van der Waals surface area contributed by atoms with Crippen molar-refractivity contribution in [3.63, 3.8) is 0 Å². The van der Waals surface area contributed by atoms with Crippen LogP contribution in [-0.2, 0) is 23.9 Å². The molecule has 1 aliphatic heterocycles. The highest BCUT2D eigenvalue weighted by Crippen LogP contribution is 2.31. The van der Waals surface area contributed by atoms with Crippen molar-refractivity contribution in [2.24, 2.45) is 0 Å². The predicted molar refractivity (Wildman–Crippen MR) is 53.4 cm³/mol. The first-order valence-electron chi connectivity index (χ1n) is 5.03. The largest absolute Gasteiger partial charge is 0.480 e. The summed E-state index contributed by atoms with van der Waals surface area (Å²) in [5.74, 6) is -1.05. The molecular formula is C11H10F3NO2. The molecule has 1 aromatic rings. The van der Waals surface area contributed by atoms with Crippen molar-refractivity contribution >= 4 is 5.97 Å². The number of hydrogen-bond donors (Lipinski definition) is 2. The number of aliphatic carboxylic acids is 1. The third-order valence-electron chi connectivity index (χ3n) is 2.79. The zero-order chi connectivity index (χ0) is 12.6. The van der Waals surface area contributed by atoms with Crippen LogP contribution < -0.4 is 5.32 Å². The molecule has 2 N–H and O–H groups in total. The normalized spacial score (nSPS) is 19.8. The molecule has 0 amide bonds. The average Bonchev–Trinajstić information content (AvgIpc) is 2.26. The minimum Gasteiger partial charge on any atom is -0.480 e. The quantitative estimate of drug-likeness (QED) is 0.793. The number of carbonyl (C=O) groups is 1. The van der Waals surface area contributed by atoms with Crippen molar-refractivity contribution in [2.75, 3.05) is 0 Å². The Balaban J connectivity index is 2.32. The minimum atomic E-state index is -4.39. The molecule has 1 unspecified atom stereocenters. The van der Waals surface area contributed by atoms with Gasteiger partial charge in [0.15, 0.2) is 0 Å². The molecule has 3 nitrogen and oxygen atoms in total. The van der Waals surface area contributed by atoms with Gasteiger partial charge in [0.25, 0.3) is 0 Å². The van der Waals surface area contributed by atoms with Gasteiger partial charge in [-0.25, -0.2) is 0 Å². The number of fused-ring (bicyclic) bond motifs is 1. The molecule has 0 saturated carbocycles. The van der Waals surface area contributed by atoms with E-state index in [9.17, 15) is 18.0 Å². The maximum absolute atomic E-state index is 12.5. The number of halogens is 3. The lowest BCUT2D eigenvalue weighted by Crippen LogP contribution is -2.41. The van der Waals surface area contributed by atoms with Gasteiger partial charge in [-0.3, -0.25) is 4.79 Å². The van der Waals surface area contributed by atoms with Gasteiger partial charge in [-0.2, -0.15) is 13.2 Å². The molecule has 1 aromatic carbocycles. The van der Waals surface area contributed by atoms with Crippen LogP contribution in [0, 0.1) is 0 Å². The Morgan fingerprint density at radius 3 is 2.65 bits per heavy atom. The highest BCUT2D eigenvalue weighted by atomic mass is 19.4. The molecule has 0 spiro atoms. The summed E-state index contributed by atoms with van der Waals surface area (Å²) in [6.07, 6.45) is -4.31. The Labute approximate surface area is 95.3 Å². The summed E-state index contributed by atoms with van der Waals surface area (Å²) in [6.45, 7) is 0.282. The van der Waals surface area contributed by atoms with Gasteiger partial charge in [0, 0.05) is 6.54 Å². The van der Waals surface area contributed by atoms with Crippen LogP contribution in [0.1, 0.15) is 16.7 Å². The maximum Gasteiger partial charge on any atom is 0.416 e. The first kappa shape index (κ1) is 11.9. The van der Waals surface area contributed by atoms with Gasteiger partial charge in [0.05, 0.1) is 5.56 Å². The zero-order valence-corrected chi connectivity index (χ0v) is 8.71. The molecule has 17 heavy (non-hydrogen) atoms. The second kappa shape index (κ2) is 4.03. The van der Waals surface area contributed by atoms with Crippen LogP contribution in [0.25, 0.3) is 0 Å². The third-order valence-corrected chi connectivity index (χ3v) is 2.79. The highest BCUT2D eigenvalue weighted by Gasteiger charge is 2.32. The van der Waals surface area contributed by atoms with Crippen molar-refractivity contribution in [1.29, 1.82) is 0 Å². The second-order valence-corrected chi connectivity index (χ2v) is 3.96. The van der Waals surface area contributed by atoms with E-state index in [2.05, 4.69) is 5.32 Å². The first-order valence-corrected chi connectivity index (χ1v) is 5.03. The van der Waals surface area contributed by atoms with Gasteiger partial charge in [0.1, 0.15) is 6.04 Å². The highest BCUT2D eigenvalue weighted by molar-refractivity contribution is 5.74. The van der Waals surface area contributed by atoms with E-state index in [1.54, 1.807) is 0 Å². The first-order chi connectivity index (χ1) is 7.88. The fourth-order valence-electron chi connectivity index (χ4n) is 1.86. The van der Waals surface area contributed by atoms with Crippen LogP contribution in [0.15, 0.2) is 18.2 Å². The maximum atomic E-state index is 12.5. The van der Waals surface area contributed by atoms with Crippen molar-refractivity contribution in [3.05, 3.63) is 34.9 Å². The average molecular weight is 245 g/mol. The molecule has 0 saturated heterocycles. The molecule has 2 rings (SSSR count). The van der Waals surface area contributed by atoms with E-state index in [0.717, 1.165) is 17.7 Å². The van der Waals surface area contributed by atoms with Gasteiger partial charge < -0.3 is 10.4 Å². The molecule has 0 aliphatic carbocycles. The van der Waals surface area contributed by atoms with E-state index in [1.807, 2.05) is 0 Å². The summed E-state index contributed by atoms with van der Waals surface area (Å²) in [7, 11) is 0. The predicted octanol–water partition coefficient (Wildman–Crippen LogP) is 1.80. The van der Waals surface area contributed by atoms with Crippen molar-refractivity contribution in [3.8, 4) is 0 Å². The Morgan fingerprint density at radius 2 is 2.06 bits per heavy atom. The minimum absolute atomic E-state index is 0.0780. The number of hydrogen-bond acceptors (Lipinski definition) is 2. The molecular weight excluding hydrogens is 235 g/mol. The Morgan fingerprint density at radius 1 is 1.35 bits per heavy atom. The molecule has 1 atom stereocenters. The van der Waals surface area contributed by atoms with Gasteiger partial charge in [-0.15, -0.1) is 0 Å². The molecule has 6 heteroatoms. The van der Waals surface area contributed by atoms with Crippen LogP contribution in [0.3, 0.4) is 0 Å². The lowest BCUT2D eigenvalue weighted by Gasteiger charge is -2.24. The summed E-state index contributed by atoms with van der Waals surface area (Å²) in [5, 5.41) is 11.6. The van der Waals surface area contributed by atoms with E-state index >= 15 is 0 Å². The van der Waals surface area contributed by atoms with Crippen LogP contribution in [0.5, 0.6) is 0 Å². The molecule has 1 aliphatic rings. The summed E-state index contributed by atoms with van der Waals surface area (Å²) in [6, 6.07) is 2.63. The number of benzene rings is 1. The monoisotopic (exact) mass is 245 g/mol. The van der Waals surface area contributed by atoms with Gasteiger partial charge in [0.2, 0.25) is 0 Å². The van der Waals surface area contributed by atoms with E-state index < -0.39 is 23.8 Å². The van der Waals surface area contributed by atoms with Crippen LogP contribution >= 0.6 is 0 Å². The van der Waals surface area contributed by atoms with Crippen LogP contribution in [0.4, 0.5) is 13.2 Å². The Bertz CT molecular complexity index is 457. The number of carboxylic acid groups (broad SMARTS) is 1. The van der Waals surface area contributed by atoms with Crippen LogP contribution in [-0.4, -0.2) is 17.1 Å². The van der Waals surface area contributed by atoms with E-state index in [-0.39, 0.29) is 13.0 Å². The molecule has 0 bridgehead atoms. The van der Waals surface area contributed by atoms with E-state index in [0.29, 0.717) is 5.56 Å². The van der Waals surface area contributed by atoms with E-state index in [4.69, 9.17) is 5.11 Å². The van der Waals surface area contributed by atoms with Crippen molar-refractivity contribution < 1.29 is 23.1 Å². The van der Waals surface area contributed by atoms with Gasteiger partial charge in [-0.1, -0.05) is 6.07 Å². The lowest BCUT2D eigenvalue weighted by molar-refractivity contribution is -0.139. The number of rotatable bonds is 1. The molecule has 0 fully saturated rings. The fourth-order valence-corrected chi connectivity index (χ4v) is 1.86. The van der Waals surface area contributed by atoms with E-state index in [1.165, 1.54) is 6.07 Å². The summed E-state index contributed by atoms with van der Waals surface area (Å²) < 4.78 is 37.4. The molecule has 1 heterocycles. The molecule has 0 aromatic heterocycles. The van der Waals surface area contributed by atoms with Gasteiger partial charge in [-0.05, 0) is 29.7 Å². The lowest BCUT2D eigenvalue weighted by atomic mass is 9.94. The third kappa shape index (κ3) is 2.41. The zero-order valence-electron chi connectivity index (χ0n) is 8.71. The summed E-state index contributed by atoms with van der Waals surface area (Å²) in [5.41, 5.74) is 0.434.